The average Bonchev–Trinajstić information content (AvgIpc) is 2.59. The minimum atomic E-state index is 0.317. The van der Waals surface area contributed by atoms with E-state index in [2.05, 4.69) is 25.8 Å². The highest BCUT2D eigenvalue weighted by atomic mass is 16.3. The molecule has 2 nitrogen and oxygen atoms in total. The van der Waals surface area contributed by atoms with Gasteiger partial charge in [-0.25, -0.2) is 0 Å². The van der Waals surface area contributed by atoms with Crippen LogP contribution in [0.15, 0.2) is 0 Å². The van der Waals surface area contributed by atoms with Crippen LogP contribution < -0.4 is 0 Å². The van der Waals surface area contributed by atoms with Gasteiger partial charge < -0.3 is 10.0 Å². The van der Waals surface area contributed by atoms with Crippen LogP contribution in [0.4, 0.5) is 0 Å². The molecule has 1 fully saturated rings. The second-order valence-electron chi connectivity index (χ2n) is 4.87. The largest absolute Gasteiger partial charge is 0.396 e. The molecule has 0 aliphatic heterocycles. The molecular formula is C12H25NO. The maximum Gasteiger partial charge on any atom is 0.0443 e. The number of aliphatic hydroxyl groups is 1. The van der Waals surface area contributed by atoms with E-state index in [-0.39, 0.29) is 0 Å². The first-order chi connectivity index (χ1) is 6.66. The molecule has 0 heterocycles. The number of hydrogen-bond acceptors (Lipinski definition) is 2. The summed E-state index contributed by atoms with van der Waals surface area (Å²) in [7, 11) is 2.19. The van der Waals surface area contributed by atoms with Crippen LogP contribution in [0.25, 0.3) is 0 Å². The van der Waals surface area contributed by atoms with Gasteiger partial charge in [0.25, 0.3) is 0 Å². The maximum absolute atomic E-state index is 8.79. The molecule has 2 heteroatoms. The minimum Gasteiger partial charge on any atom is -0.396 e. The highest BCUT2D eigenvalue weighted by Gasteiger charge is 2.29. The molecule has 3 atom stereocenters. The normalized spacial score (nSPS) is 29.8. The van der Waals surface area contributed by atoms with E-state index in [0.29, 0.717) is 12.6 Å². The van der Waals surface area contributed by atoms with E-state index in [0.717, 1.165) is 24.8 Å². The molecule has 1 rings (SSSR count). The van der Waals surface area contributed by atoms with Crippen LogP contribution in [0.2, 0.25) is 0 Å². The third kappa shape index (κ3) is 2.96. The smallest absolute Gasteiger partial charge is 0.0443 e. The number of hydrogen-bond donors (Lipinski definition) is 1. The Morgan fingerprint density at radius 3 is 2.64 bits per heavy atom. The molecule has 14 heavy (non-hydrogen) atoms. The Hall–Kier alpha value is -0.0800. The third-order valence-corrected chi connectivity index (χ3v) is 3.91. The van der Waals surface area contributed by atoms with Crippen molar-refractivity contribution in [1.29, 1.82) is 0 Å². The van der Waals surface area contributed by atoms with Gasteiger partial charge in [-0.15, -0.1) is 0 Å². The second-order valence-corrected chi connectivity index (χ2v) is 4.87. The highest BCUT2D eigenvalue weighted by Crippen LogP contribution is 2.35. The summed E-state index contributed by atoms with van der Waals surface area (Å²) in [4.78, 5) is 2.41. The fraction of sp³-hybridized carbons (Fsp3) is 1.00. The van der Waals surface area contributed by atoms with Gasteiger partial charge in [-0.05, 0) is 38.6 Å². The lowest BCUT2D eigenvalue weighted by Gasteiger charge is -2.32. The Morgan fingerprint density at radius 2 is 2.14 bits per heavy atom. The summed E-state index contributed by atoms with van der Waals surface area (Å²) in [5, 5.41) is 8.79. The highest BCUT2D eigenvalue weighted by molar-refractivity contribution is 4.82. The van der Waals surface area contributed by atoms with Crippen LogP contribution >= 0.6 is 0 Å². The summed E-state index contributed by atoms with van der Waals surface area (Å²) >= 11 is 0. The zero-order valence-corrected chi connectivity index (χ0v) is 9.87. The van der Waals surface area contributed by atoms with Crippen molar-refractivity contribution in [3.05, 3.63) is 0 Å². The summed E-state index contributed by atoms with van der Waals surface area (Å²) in [5.74, 6) is 1.76. The predicted octanol–water partition coefficient (Wildman–Crippen LogP) is 2.13. The van der Waals surface area contributed by atoms with Crippen LogP contribution in [0.5, 0.6) is 0 Å². The number of nitrogens with zero attached hydrogens (tertiary/aromatic N) is 1. The van der Waals surface area contributed by atoms with Crippen LogP contribution in [-0.2, 0) is 0 Å². The van der Waals surface area contributed by atoms with Crippen molar-refractivity contribution >= 4 is 0 Å². The van der Waals surface area contributed by atoms with Crippen molar-refractivity contribution in [3.63, 3.8) is 0 Å². The molecule has 0 aromatic rings. The summed E-state index contributed by atoms with van der Waals surface area (Å²) in [6, 6.07) is 0.680. The molecule has 1 N–H and O–H groups in total. The van der Waals surface area contributed by atoms with Gasteiger partial charge in [0.1, 0.15) is 0 Å². The fourth-order valence-corrected chi connectivity index (χ4v) is 2.74. The number of aliphatic hydroxyl groups excluding tert-OH is 1. The van der Waals surface area contributed by atoms with Crippen molar-refractivity contribution in [2.24, 2.45) is 11.8 Å². The average molecular weight is 199 g/mol. The Kier molecular flexibility index (Phi) is 4.90. The lowest BCUT2D eigenvalue weighted by molar-refractivity contribution is 0.153. The monoisotopic (exact) mass is 199 g/mol. The van der Waals surface area contributed by atoms with E-state index in [9.17, 15) is 0 Å². The van der Waals surface area contributed by atoms with E-state index in [1.807, 2.05) is 0 Å². The quantitative estimate of drug-likeness (QED) is 0.733. The van der Waals surface area contributed by atoms with Gasteiger partial charge in [0, 0.05) is 19.2 Å². The van der Waals surface area contributed by atoms with Crippen LogP contribution in [0, 0.1) is 11.8 Å². The van der Waals surface area contributed by atoms with E-state index < -0.39 is 0 Å². The molecule has 84 valence electrons. The molecule has 0 aromatic carbocycles. The second kappa shape index (κ2) is 5.72. The Morgan fingerprint density at radius 1 is 1.43 bits per heavy atom. The Labute approximate surface area is 88.3 Å². The fourth-order valence-electron chi connectivity index (χ4n) is 2.74. The van der Waals surface area contributed by atoms with Gasteiger partial charge in [-0.2, -0.15) is 0 Å². The van der Waals surface area contributed by atoms with Crippen molar-refractivity contribution in [2.45, 2.75) is 45.6 Å². The lowest BCUT2D eigenvalue weighted by Crippen LogP contribution is -2.37. The first kappa shape index (κ1) is 12.0. The Bertz CT molecular complexity index is 160. The zero-order valence-electron chi connectivity index (χ0n) is 9.87. The predicted molar refractivity (Wildman–Crippen MR) is 60.3 cm³/mol. The summed E-state index contributed by atoms with van der Waals surface area (Å²) in [6.45, 7) is 6.07. The topological polar surface area (TPSA) is 23.5 Å². The lowest BCUT2D eigenvalue weighted by atomic mass is 9.90. The number of rotatable bonds is 5. The van der Waals surface area contributed by atoms with Crippen LogP contribution in [0.3, 0.4) is 0 Å². The molecular weight excluding hydrogens is 174 g/mol. The third-order valence-electron chi connectivity index (χ3n) is 3.91. The SMILES string of the molecule is CC1CCCC1C(C)N(C)CCCO. The standard InChI is InChI=1S/C12H25NO/c1-10-6-4-7-12(10)11(2)13(3)8-5-9-14/h10-12,14H,4-9H2,1-3H3. The van der Waals surface area contributed by atoms with Crippen LogP contribution in [0.1, 0.15) is 39.5 Å². The van der Waals surface area contributed by atoms with Gasteiger partial charge in [-0.1, -0.05) is 19.8 Å². The molecule has 1 aliphatic carbocycles. The zero-order chi connectivity index (χ0) is 10.6. The molecule has 1 aliphatic rings. The molecule has 0 aromatic heterocycles. The van der Waals surface area contributed by atoms with Crippen molar-refractivity contribution in [2.75, 3.05) is 20.2 Å². The van der Waals surface area contributed by atoms with E-state index in [1.165, 1.54) is 19.3 Å². The van der Waals surface area contributed by atoms with Crippen molar-refractivity contribution in [3.8, 4) is 0 Å². The first-order valence-electron chi connectivity index (χ1n) is 5.98. The molecule has 0 spiro atoms. The van der Waals surface area contributed by atoms with E-state index in [1.54, 1.807) is 0 Å². The first-order valence-corrected chi connectivity index (χ1v) is 5.98. The summed E-state index contributed by atoms with van der Waals surface area (Å²) in [5.41, 5.74) is 0. The molecule has 0 bridgehead atoms. The molecule has 0 amide bonds. The van der Waals surface area contributed by atoms with Crippen molar-refractivity contribution in [1.82, 2.24) is 4.90 Å². The van der Waals surface area contributed by atoms with Crippen LogP contribution in [-0.4, -0.2) is 36.2 Å². The summed E-state index contributed by atoms with van der Waals surface area (Å²) < 4.78 is 0. The molecule has 1 saturated carbocycles. The van der Waals surface area contributed by atoms with E-state index >= 15 is 0 Å². The summed E-state index contributed by atoms with van der Waals surface area (Å²) in [6.07, 6.45) is 5.11. The van der Waals surface area contributed by atoms with Crippen molar-refractivity contribution < 1.29 is 5.11 Å². The van der Waals surface area contributed by atoms with Gasteiger partial charge in [0.05, 0.1) is 0 Å². The van der Waals surface area contributed by atoms with E-state index in [4.69, 9.17) is 5.11 Å². The maximum atomic E-state index is 8.79. The van der Waals surface area contributed by atoms with Gasteiger partial charge in [0.15, 0.2) is 0 Å². The molecule has 3 unspecified atom stereocenters. The van der Waals surface area contributed by atoms with Gasteiger partial charge in [-0.3, -0.25) is 0 Å². The van der Waals surface area contributed by atoms with Gasteiger partial charge in [0.2, 0.25) is 0 Å². The van der Waals surface area contributed by atoms with Gasteiger partial charge >= 0.3 is 0 Å². The Balaban J connectivity index is 2.34. The molecule has 0 radical (unpaired) electrons. The molecule has 0 saturated heterocycles. The minimum absolute atomic E-state index is 0.317.